The molecule has 11 nitrogen and oxygen atoms in total. The number of aliphatic imine (C=N–C) groups is 3. The van der Waals surface area contributed by atoms with Crippen molar-refractivity contribution in [3.05, 3.63) is 0 Å². The summed E-state index contributed by atoms with van der Waals surface area (Å²) in [5.74, 6) is 0. The minimum absolute atomic E-state index is 0.0433. The summed E-state index contributed by atoms with van der Waals surface area (Å²) in [6.45, 7) is -0.503. The largest absolute Gasteiger partial charge is 0.663 e. The van der Waals surface area contributed by atoms with Crippen molar-refractivity contribution in [1.29, 1.82) is 0 Å². The summed E-state index contributed by atoms with van der Waals surface area (Å²) in [6.07, 6.45) is 5.20. The van der Waals surface area contributed by atoms with Gasteiger partial charge in [-0.25, -0.2) is 34.2 Å². The Morgan fingerprint density at radius 2 is 1.00 bits per heavy atom. The molecule has 118 valence electrons. The summed E-state index contributed by atoms with van der Waals surface area (Å²) in [7, 11) is -3.81. The zero-order chi connectivity index (χ0) is 16.5. The highest BCUT2D eigenvalue weighted by molar-refractivity contribution is 6.59. The number of nitrogens with zero attached hydrogens (tertiary/aromatic N) is 4. The summed E-state index contributed by atoms with van der Waals surface area (Å²) < 4.78 is 19.1. The first-order valence-corrected chi connectivity index (χ1v) is 7.53. The van der Waals surface area contributed by atoms with Crippen LogP contribution in [0.5, 0.6) is 0 Å². The number of rotatable bonds is 13. The standard InChI is InChI=1S/C10H12N4O7Si/c15-7-11-1-4-19-22(14-10-18,20-5-2-12-8-16)21-6-3-13-9-17/h1-6H2. The number of hydrogen-bond donors (Lipinski definition) is 0. The van der Waals surface area contributed by atoms with E-state index in [4.69, 9.17) is 13.3 Å². The third-order valence-corrected chi connectivity index (χ3v) is 3.91. The van der Waals surface area contributed by atoms with E-state index in [-0.39, 0.29) is 39.5 Å². The molecule has 0 aliphatic rings. The van der Waals surface area contributed by atoms with Crippen LogP contribution >= 0.6 is 0 Å². The Balaban J connectivity index is 4.80. The van der Waals surface area contributed by atoms with Gasteiger partial charge in [0.15, 0.2) is 0 Å². The molecule has 0 aliphatic carbocycles. The molecule has 0 rings (SSSR count). The van der Waals surface area contributed by atoms with Crippen molar-refractivity contribution in [2.75, 3.05) is 39.5 Å². The van der Waals surface area contributed by atoms with Crippen molar-refractivity contribution < 1.29 is 32.5 Å². The fourth-order valence-electron chi connectivity index (χ4n) is 1.08. The second kappa shape index (κ2) is 13.6. The molecule has 12 heteroatoms. The molecule has 0 radical (unpaired) electrons. The van der Waals surface area contributed by atoms with E-state index in [1.54, 1.807) is 0 Å². The molecular formula is C10H12N4O7Si. The highest BCUT2D eigenvalue weighted by Gasteiger charge is 2.43. The SMILES string of the molecule is O=C=NCCO[Si](N=C=O)(OCCN=C=O)OCCN=C=O. The lowest BCUT2D eigenvalue weighted by Crippen LogP contribution is -2.46. The molecule has 0 fully saturated rings. The summed E-state index contributed by atoms with van der Waals surface area (Å²) in [4.78, 5) is 50.2. The van der Waals surface area contributed by atoms with E-state index in [1.807, 2.05) is 0 Å². The predicted molar refractivity (Wildman–Crippen MR) is 70.7 cm³/mol. The maximum absolute atomic E-state index is 10.5. The molecule has 0 aliphatic heterocycles. The number of carbonyl (C=O) groups excluding carboxylic acids is 4. The summed E-state index contributed by atoms with van der Waals surface area (Å²) in [5.41, 5.74) is 0. The molecule has 0 unspecified atom stereocenters. The molecule has 0 atom stereocenters. The Morgan fingerprint density at radius 3 is 1.27 bits per heavy atom. The quantitative estimate of drug-likeness (QED) is 0.179. The Hall–Kier alpha value is -2.38. The van der Waals surface area contributed by atoms with Gasteiger partial charge in [-0.2, -0.15) is 4.66 Å². The predicted octanol–water partition coefficient (Wildman–Crippen LogP) is -1.18. The number of hydrogen-bond acceptors (Lipinski definition) is 11. The van der Waals surface area contributed by atoms with Crippen LogP contribution in [0.3, 0.4) is 0 Å². The zero-order valence-corrected chi connectivity index (χ0v) is 12.4. The van der Waals surface area contributed by atoms with Gasteiger partial charge in [0.1, 0.15) is 0 Å². The number of isocyanates is 4. The van der Waals surface area contributed by atoms with Gasteiger partial charge in [0.05, 0.1) is 39.5 Å². The van der Waals surface area contributed by atoms with Gasteiger partial charge in [-0.15, -0.1) is 0 Å². The Bertz CT molecular complexity index is 458. The molecule has 0 aromatic rings. The molecule has 0 amide bonds. The molecule has 0 spiro atoms. The average molecular weight is 328 g/mol. The maximum Gasteiger partial charge on any atom is 0.663 e. The molecule has 0 bridgehead atoms. The monoisotopic (exact) mass is 328 g/mol. The van der Waals surface area contributed by atoms with Crippen LogP contribution in [0.2, 0.25) is 0 Å². The van der Waals surface area contributed by atoms with Gasteiger partial charge in [-0.05, 0) is 0 Å². The highest BCUT2D eigenvalue weighted by atomic mass is 28.4. The van der Waals surface area contributed by atoms with Gasteiger partial charge in [-0.3, -0.25) is 0 Å². The first kappa shape index (κ1) is 19.6. The van der Waals surface area contributed by atoms with Crippen LogP contribution in [-0.2, 0) is 32.5 Å². The molecule has 0 heterocycles. The lowest BCUT2D eigenvalue weighted by molar-refractivity contribution is 0.0677. The van der Waals surface area contributed by atoms with Crippen LogP contribution in [0.15, 0.2) is 19.6 Å². The van der Waals surface area contributed by atoms with Crippen LogP contribution in [0, 0.1) is 0 Å². The first-order valence-electron chi connectivity index (χ1n) is 5.86. The van der Waals surface area contributed by atoms with Gasteiger partial charge in [0.25, 0.3) is 0 Å². The smallest absolute Gasteiger partial charge is 0.353 e. The Labute approximate surface area is 125 Å². The highest BCUT2D eigenvalue weighted by Crippen LogP contribution is 2.11. The van der Waals surface area contributed by atoms with Crippen molar-refractivity contribution in [2.45, 2.75) is 0 Å². The van der Waals surface area contributed by atoms with E-state index < -0.39 is 8.97 Å². The third kappa shape index (κ3) is 9.51. The van der Waals surface area contributed by atoms with Crippen molar-refractivity contribution in [2.24, 2.45) is 19.6 Å². The van der Waals surface area contributed by atoms with Crippen LogP contribution in [-0.4, -0.2) is 72.7 Å². The fraction of sp³-hybridized carbons (Fsp3) is 0.600. The average Bonchev–Trinajstić information content (AvgIpc) is 2.53. The third-order valence-electron chi connectivity index (χ3n) is 1.84. The lowest BCUT2D eigenvalue weighted by atomic mass is 10.7. The van der Waals surface area contributed by atoms with Gasteiger partial charge in [0, 0.05) is 0 Å². The van der Waals surface area contributed by atoms with Crippen LogP contribution in [0.1, 0.15) is 0 Å². The van der Waals surface area contributed by atoms with Crippen molar-refractivity contribution in [3.63, 3.8) is 0 Å². The summed E-state index contributed by atoms with van der Waals surface area (Å²) in [5, 5.41) is 0. The normalized spacial score (nSPS) is 11.8. The fourth-order valence-corrected chi connectivity index (χ4v) is 2.68. The van der Waals surface area contributed by atoms with E-state index in [0.29, 0.717) is 0 Å². The maximum atomic E-state index is 10.5. The second-order valence-electron chi connectivity index (χ2n) is 3.19. The van der Waals surface area contributed by atoms with Gasteiger partial charge in [0.2, 0.25) is 24.3 Å². The topological polar surface area (TPSA) is 145 Å². The van der Waals surface area contributed by atoms with Crippen LogP contribution in [0.4, 0.5) is 0 Å². The molecule has 0 saturated carbocycles. The Kier molecular flexibility index (Phi) is 12.1. The van der Waals surface area contributed by atoms with E-state index in [2.05, 4.69) is 19.6 Å². The first-order chi connectivity index (χ1) is 10.7. The van der Waals surface area contributed by atoms with Gasteiger partial charge in [-0.1, -0.05) is 0 Å². The molecule has 0 saturated heterocycles. The van der Waals surface area contributed by atoms with Crippen molar-refractivity contribution >= 4 is 33.3 Å². The molecular weight excluding hydrogens is 316 g/mol. The Morgan fingerprint density at radius 1 is 0.636 bits per heavy atom. The van der Waals surface area contributed by atoms with E-state index in [0.717, 1.165) is 0 Å². The van der Waals surface area contributed by atoms with Crippen LogP contribution in [0.25, 0.3) is 0 Å². The van der Waals surface area contributed by atoms with Crippen molar-refractivity contribution in [3.8, 4) is 0 Å². The minimum Gasteiger partial charge on any atom is -0.353 e. The van der Waals surface area contributed by atoms with E-state index >= 15 is 0 Å². The van der Waals surface area contributed by atoms with Gasteiger partial charge >= 0.3 is 8.97 Å². The van der Waals surface area contributed by atoms with Crippen molar-refractivity contribution in [1.82, 2.24) is 0 Å². The summed E-state index contributed by atoms with van der Waals surface area (Å²) >= 11 is 0. The van der Waals surface area contributed by atoms with E-state index in [9.17, 15) is 19.2 Å². The van der Waals surface area contributed by atoms with Gasteiger partial charge < -0.3 is 13.3 Å². The lowest BCUT2D eigenvalue weighted by Gasteiger charge is -2.22. The second-order valence-corrected chi connectivity index (χ2v) is 5.33. The molecule has 22 heavy (non-hydrogen) atoms. The molecule has 0 aromatic carbocycles. The summed E-state index contributed by atoms with van der Waals surface area (Å²) in [6, 6.07) is 0. The zero-order valence-electron chi connectivity index (χ0n) is 11.4. The van der Waals surface area contributed by atoms with Crippen LogP contribution < -0.4 is 0 Å². The minimum atomic E-state index is -3.81. The molecule has 0 aromatic heterocycles. The molecule has 0 N–H and O–H groups in total. The van der Waals surface area contributed by atoms with E-state index in [1.165, 1.54) is 24.3 Å².